The molecule has 9 heteroatoms. The Hall–Kier alpha value is -2.42. The zero-order chi connectivity index (χ0) is 23.7. The maximum atomic E-state index is 13.3. The third-order valence-corrected chi connectivity index (χ3v) is 5.59. The smallest absolute Gasteiger partial charge is 0.408 e. The molecule has 3 unspecified atom stereocenters. The van der Waals surface area contributed by atoms with Gasteiger partial charge in [-0.3, -0.25) is 4.79 Å². The van der Waals surface area contributed by atoms with Crippen LogP contribution in [0.4, 0.5) is 4.79 Å². The van der Waals surface area contributed by atoms with Crippen LogP contribution in [0.3, 0.4) is 0 Å². The van der Waals surface area contributed by atoms with E-state index >= 15 is 0 Å². The number of aliphatic carboxylic acids is 1. The average Bonchev–Trinajstić information content (AvgIpc) is 3.17. The summed E-state index contributed by atoms with van der Waals surface area (Å²) in [4.78, 5) is 51.6. The van der Waals surface area contributed by atoms with Crippen molar-refractivity contribution in [3.05, 3.63) is 12.2 Å². The zero-order valence-corrected chi connectivity index (χ0v) is 19.4. The minimum atomic E-state index is -1.09. The summed E-state index contributed by atoms with van der Waals surface area (Å²) in [5.41, 5.74) is -0.695. The fraction of sp³-hybridized carbons (Fsp3) is 0.739. The molecule has 3 N–H and O–H groups in total. The molecule has 0 aromatic rings. The Labute approximate surface area is 189 Å². The molecule has 0 spiro atoms. The molecule has 2 aliphatic rings. The van der Waals surface area contributed by atoms with Crippen LogP contribution in [0.15, 0.2) is 12.2 Å². The quantitative estimate of drug-likeness (QED) is 0.437. The van der Waals surface area contributed by atoms with Gasteiger partial charge < -0.3 is 20.5 Å². The van der Waals surface area contributed by atoms with Crippen molar-refractivity contribution in [3.63, 3.8) is 0 Å². The third kappa shape index (κ3) is 8.26. The third-order valence-electron chi connectivity index (χ3n) is 5.59. The first-order chi connectivity index (χ1) is 15.1. The molecule has 2 heterocycles. The molecular formula is C23H37N3O6+. The molecule has 1 saturated heterocycles. The van der Waals surface area contributed by atoms with Crippen molar-refractivity contribution < 1.29 is 29.0 Å². The van der Waals surface area contributed by atoms with E-state index in [9.17, 15) is 24.3 Å². The molecule has 0 saturated carbocycles. The fourth-order valence-corrected chi connectivity index (χ4v) is 4.02. The SMILES string of the molecule is CC(C)(C)OC(=O)NC1CCCCCC=CCCC(C(=O)O)NC(=O)C2CCC[N+]2C1=O. The largest absolute Gasteiger partial charge is 0.480 e. The van der Waals surface area contributed by atoms with Crippen LogP contribution in [0.2, 0.25) is 0 Å². The van der Waals surface area contributed by atoms with Crippen LogP contribution in [0.5, 0.6) is 0 Å². The predicted molar refractivity (Wildman–Crippen MR) is 119 cm³/mol. The summed E-state index contributed by atoms with van der Waals surface area (Å²) in [5.74, 6) is -1.88. The number of ether oxygens (including phenoxy) is 1. The van der Waals surface area contributed by atoms with Gasteiger partial charge in [0.05, 0.1) is 0 Å². The number of carbonyl (C=O) groups is 4. The number of amides is 3. The maximum absolute atomic E-state index is 13.3. The summed E-state index contributed by atoms with van der Waals surface area (Å²) in [6.07, 6.45) is 9.16. The topological polar surface area (TPSA) is 128 Å². The molecule has 0 aromatic carbocycles. The second kappa shape index (κ2) is 12.0. The van der Waals surface area contributed by atoms with Gasteiger partial charge in [-0.15, -0.1) is 0 Å². The number of hydrogen-bond donors (Lipinski definition) is 3. The van der Waals surface area contributed by atoms with Crippen LogP contribution in [0.25, 0.3) is 0 Å². The Morgan fingerprint density at radius 2 is 1.78 bits per heavy atom. The van der Waals surface area contributed by atoms with E-state index in [1.165, 1.54) is 4.90 Å². The van der Waals surface area contributed by atoms with Crippen molar-refractivity contribution in [2.24, 2.45) is 0 Å². The van der Waals surface area contributed by atoms with Crippen LogP contribution in [-0.4, -0.2) is 59.3 Å². The first kappa shape index (κ1) is 25.8. The lowest BCUT2D eigenvalue weighted by molar-refractivity contribution is -0.142. The Morgan fingerprint density at radius 3 is 2.47 bits per heavy atom. The van der Waals surface area contributed by atoms with E-state index in [0.29, 0.717) is 38.6 Å². The molecular weight excluding hydrogens is 414 g/mol. The first-order valence-electron chi connectivity index (χ1n) is 11.6. The number of alkyl carbamates (subject to hydrolysis) is 1. The summed E-state index contributed by atoms with van der Waals surface area (Å²) in [7, 11) is 0. The Kier molecular flexibility index (Phi) is 9.68. The van der Waals surface area contributed by atoms with Crippen LogP contribution in [0, 0.1) is 0 Å². The highest BCUT2D eigenvalue weighted by Gasteiger charge is 2.48. The summed E-state index contributed by atoms with van der Waals surface area (Å²) in [5, 5.41) is 14.8. The Bertz CT molecular complexity index is 715. The Balaban J connectivity index is 2.20. The molecule has 0 bridgehead atoms. The minimum absolute atomic E-state index is 0.293. The summed E-state index contributed by atoms with van der Waals surface area (Å²) in [6, 6.07) is -2.54. The highest BCUT2D eigenvalue weighted by Crippen LogP contribution is 2.19. The molecule has 179 valence electrons. The first-order valence-corrected chi connectivity index (χ1v) is 11.6. The molecule has 2 rings (SSSR count). The summed E-state index contributed by atoms with van der Waals surface area (Å²) < 4.78 is 5.33. The lowest BCUT2D eigenvalue weighted by Gasteiger charge is -2.24. The van der Waals surface area contributed by atoms with E-state index in [-0.39, 0.29) is 5.91 Å². The van der Waals surface area contributed by atoms with Crippen LogP contribution >= 0.6 is 0 Å². The van der Waals surface area contributed by atoms with E-state index in [0.717, 1.165) is 25.7 Å². The van der Waals surface area contributed by atoms with Crippen LogP contribution < -0.4 is 15.5 Å². The molecule has 1 radical (unpaired) electrons. The number of hydrogen-bond acceptors (Lipinski definition) is 5. The van der Waals surface area contributed by atoms with Gasteiger partial charge in [0.15, 0.2) is 6.04 Å². The number of allylic oxidation sites excluding steroid dienone is 2. The van der Waals surface area contributed by atoms with Crippen LogP contribution in [0.1, 0.15) is 78.6 Å². The minimum Gasteiger partial charge on any atom is -0.480 e. The number of carboxylic acids is 1. The monoisotopic (exact) mass is 451 g/mol. The lowest BCUT2D eigenvalue weighted by atomic mass is 10.0. The predicted octanol–water partition coefficient (Wildman–Crippen LogP) is 2.58. The molecule has 0 aromatic heterocycles. The molecule has 3 atom stereocenters. The van der Waals surface area contributed by atoms with Gasteiger partial charge in [0, 0.05) is 12.8 Å². The number of nitrogens with zero attached hydrogens (tertiary/aromatic N) is 1. The number of rotatable bonds is 2. The molecule has 32 heavy (non-hydrogen) atoms. The van der Waals surface area contributed by atoms with Crippen molar-refractivity contribution in [1.29, 1.82) is 0 Å². The van der Waals surface area contributed by atoms with E-state index in [2.05, 4.69) is 10.6 Å². The highest BCUT2D eigenvalue weighted by atomic mass is 16.6. The molecule has 2 aliphatic heterocycles. The van der Waals surface area contributed by atoms with Gasteiger partial charge in [0.25, 0.3) is 5.91 Å². The van der Waals surface area contributed by atoms with Crippen molar-refractivity contribution in [3.8, 4) is 0 Å². The molecule has 3 amide bonds. The second-order valence-electron chi connectivity index (χ2n) is 9.47. The van der Waals surface area contributed by atoms with Gasteiger partial charge in [0.1, 0.15) is 18.2 Å². The van der Waals surface area contributed by atoms with Gasteiger partial charge in [-0.25, -0.2) is 14.4 Å². The van der Waals surface area contributed by atoms with Gasteiger partial charge >= 0.3 is 18.0 Å². The van der Waals surface area contributed by atoms with E-state index < -0.39 is 41.7 Å². The van der Waals surface area contributed by atoms with Gasteiger partial charge in [-0.1, -0.05) is 29.9 Å². The Morgan fingerprint density at radius 1 is 1.06 bits per heavy atom. The van der Waals surface area contributed by atoms with Crippen molar-refractivity contribution in [2.75, 3.05) is 6.54 Å². The van der Waals surface area contributed by atoms with E-state index in [1.54, 1.807) is 20.8 Å². The number of fused-ring (bicyclic) bond motifs is 1. The van der Waals surface area contributed by atoms with Crippen molar-refractivity contribution in [1.82, 2.24) is 15.5 Å². The standard InChI is InChI=1S/C23H37N3O6/c1-23(2,3)32-22(31)25-16-12-9-7-5-4-6-8-10-13-17(21(29)30)24-19(27)18-14-11-15-26(18)20(16)28/h6,8,16-18H,4-5,7,9-15H2,1-3H3,(H,24,27)(H,25,31)(H,29,30)/q+1. The van der Waals surface area contributed by atoms with E-state index in [4.69, 9.17) is 4.74 Å². The molecule has 0 aliphatic carbocycles. The number of carbonyl (C=O) groups excluding carboxylic acids is 3. The van der Waals surface area contributed by atoms with Gasteiger partial charge in [0.2, 0.25) is 6.04 Å². The van der Waals surface area contributed by atoms with Crippen molar-refractivity contribution >= 4 is 23.9 Å². The zero-order valence-electron chi connectivity index (χ0n) is 19.4. The highest BCUT2D eigenvalue weighted by molar-refractivity contribution is 5.95. The molecule has 1 fully saturated rings. The fourth-order valence-electron chi connectivity index (χ4n) is 4.02. The number of carboxylic acid groups (broad SMARTS) is 1. The van der Waals surface area contributed by atoms with E-state index in [1.807, 2.05) is 12.2 Å². The lowest BCUT2D eigenvalue weighted by Crippen LogP contribution is -2.58. The van der Waals surface area contributed by atoms with Crippen LogP contribution in [-0.2, 0) is 19.1 Å². The molecule has 9 nitrogen and oxygen atoms in total. The second-order valence-corrected chi connectivity index (χ2v) is 9.47. The van der Waals surface area contributed by atoms with Gasteiger partial charge in [-0.2, -0.15) is 0 Å². The average molecular weight is 452 g/mol. The number of nitrogens with one attached hydrogen (secondary N) is 2. The summed E-state index contributed by atoms with van der Waals surface area (Å²) >= 11 is 0. The van der Waals surface area contributed by atoms with Gasteiger partial charge in [-0.05, 0) is 52.9 Å². The van der Waals surface area contributed by atoms with Crippen molar-refractivity contribution in [2.45, 2.75) is 102 Å². The normalized spacial score (nSPS) is 26.8. The summed E-state index contributed by atoms with van der Waals surface area (Å²) in [6.45, 7) is 5.64. The maximum Gasteiger partial charge on any atom is 0.408 e.